The van der Waals surface area contributed by atoms with Gasteiger partial charge in [0.15, 0.2) is 5.78 Å². The molecule has 0 unspecified atom stereocenters. The molecule has 0 aliphatic carbocycles. The maximum absolute atomic E-state index is 12.2. The van der Waals surface area contributed by atoms with Crippen LogP contribution in [0.1, 0.15) is 15.9 Å². The molecule has 0 bridgehead atoms. The highest BCUT2D eigenvalue weighted by Crippen LogP contribution is 2.26. The summed E-state index contributed by atoms with van der Waals surface area (Å²) < 4.78 is 5.07. The molecule has 2 aromatic rings. The van der Waals surface area contributed by atoms with Crippen LogP contribution < -0.4 is 4.74 Å². The third-order valence-corrected chi connectivity index (χ3v) is 3.59. The van der Waals surface area contributed by atoms with E-state index in [0.717, 1.165) is 11.3 Å². The van der Waals surface area contributed by atoms with Crippen molar-refractivity contribution in [2.45, 2.75) is 6.42 Å². The van der Waals surface area contributed by atoms with Gasteiger partial charge in [0.1, 0.15) is 5.75 Å². The Bertz CT molecular complexity index is 592. The van der Waals surface area contributed by atoms with E-state index >= 15 is 0 Å². The van der Waals surface area contributed by atoms with Gasteiger partial charge in [-0.25, -0.2) is 0 Å². The first-order valence-electron chi connectivity index (χ1n) is 5.72. The number of hydrogen-bond donors (Lipinski definition) is 0. The maximum atomic E-state index is 12.2. The van der Waals surface area contributed by atoms with Gasteiger partial charge < -0.3 is 4.74 Å². The van der Waals surface area contributed by atoms with E-state index in [-0.39, 0.29) is 12.2 Å². The van der Waals surface area contributed by atoms with Gasteiger partial charge in [-0.2, -0.15) is 0 Å². The average Bonchev–Trinajstić information content (AvgIpc) is 2.42. The number of halogens is 2. The fourth-order valence-corrected chi connectivity index (χ4v) is 2.15. The Morgan fingerprint density at radius 1 is 1.11 bits per heavy atom. The molecule has 0 radical (unpaired) electrons. The van der Waals surface area contributed by atoms with Gasteiger partial charge in [-0.15, -0.1) is 0 Å². The largest absolute Gasteiger partial charge is 0.497 e. The molecule has 0 atom stereocenters. The molecule has 0 amide bonds. The Labute approximate surface area is 121 Å². The van der Waals surface area contributed by atoms with Gasteiger partial charge in [-0.1, -0.05) is 41.4 Å². The number of benzene rings is 2. The van der Waals surface area contributed by atoms with E-state index in [2.05, 4.69) is 0 Å². The highest BCUT2D eigenvalue weighted by atomic mass is 35.5. The number of ether oxygens (including phenoxy) is 1. The zero-order valence-corrected chi connectivity index (χ0v) is 11.8. The molecule has 0 aliphatic heterocycles. The molecule has 4 heteroatoms. The smallest absolute Gasteiger partial charge is 0.168 e. The molecule has 0 fully saturated rings. The summed E-state index contributed by atoms with van der Waals surface area (Å²) in [4.78, 5) is 12.2. The summed E-state index contributed by atoms with van der Waals surface area (Å²) in [5, 5.41) is 0.699. The van der Waals surface area contributed by atoms with E-state index in [1.54, 1.807) is 25.3 Å². The zero-order chi connectivity index (χ0) is 13.8. The summed E-state index contributed by atoms with van der Waals surface area (Å²) in [6, 6.07) is 12.4. The lowest BCUT2D eigenvalue weighted by Gasteiger charge is -2.06. The fraction of sp³-hybridized carbons (Fsp3) is 0.133. The second-order valence-electron chi connectivity index (χ2n) is 4.05. The summed E-state index contributed by atoms with van der Waals surface area (Å²) in [5.74, 6) is 0.703. The molecule has 0 saturated carbocycles. The standard InChI is InChI=1S/C15H12Cl2O2/c1-19-11-7-5-10(6-8-11)9-14(18)12-3-2-4-13(16)15(12)17/h2-8H,9H2,1H3. The molecule has 19 heavy (non-hydrogen) atoms. The predicted octanol–water partition coefficient (Wildman–Crippen LogP) is 4.43. The lowest BCUT2D eigenvalue weighted by atomic mass is 10.0. The van der Waals surface area contributed by atoms with E-state index in [9.17, 15) is 4.79 Å². The van der Waals surface area contributed by atoms with Crippen LogP contribution in [0.15, 0.2) is 42.5 Å². The number of carbonyl (C=O) groups is 1. The van der Waals surface area contributed by atoms with Gasteiger partial charge in [0.2, 0.25) is 0 Å². The summed E-state index contributed by atoms with van der Waals surface area (Å²) in [5.41, 5.74) is 1.35. The molecular formula is C15H12Cl2O2. The predicted molar refractivity (Wildman–Crippen MR) is 77.5 cm³/mol. The number of hydrogen-bond acceptors (Lipinski definition) is 2. The van der Waals surface area contributed by atoms with Crippen LogP contribution in [0, 0.1) is 0 Å². The van der Waals surface area contributed by atoms with Crippen molar-refractivity contribution >= 4 is 29.0 Å². The quantitative estimate of drug-likeness (QED) is 0.780. The van der Waals surface area contributed by atoms with Gasteiger partial charge in [-0.05, 0) is 29.8 Å². The van der Waals surface area contributed by atoms with Crippen molar-refractivity contribution in [3.05, 3.63) is 63.6 Å². The van der Waals surface area contributed by atoms with E-state index in [4.69, 9.17) is 27.9 Å². The number of carbonyl (C=O) groups excluding carboxylic acids is 1. The van der Waals surface area contributed by atoms with Crippen molar-refractivity contribution in [3.63, 3.8) is 0 Å². The lowest BCUT2D eigenvalue weighted by Crippen LogP contribution is -2.04. The van der Waals surface area contributed by atoms with Crippen molar-refractivity contribution in [2.24, 2.45) is 0 Å². The van der Waals surface area contributed by atoms with E-state index in [1.165, 1.54) is 0 Å². The Morgan fingerprint density at radius 3 is 2.42 bits per heavy atom. The summed E-state index contributed by atoms with van der Waals surface area (Å²) in [6.07, 6.45) is 0.282. The Kier molecular flexibility index (Phi) is 4.46. The minimum atomic E-state index is -0.0577. The van der Waals surface area contributed by atoms with Gasteiger partial charge in [0.25, 0.3) is 0 Å². The van der Waals surface area contributed by atoms with Crippen molar-refractivity contribution in [2.75, 3.05) is 7.11 Å². The second-order valence-corrected chi connectivity index (χ2v) is 4.83. The fourth-order valence-electron chi connectivity index (χ4n) is 1.74. The van der Waals surface area contributed by atoms with Gasteiger partial charge >= 0.3 is 0 Å². The highest BCUT2D eigenvalue weighted by Gasteiger charge is 2.13. The number of methoxy groups -OCH3 is 1. The molecule has 0 aromatic heterocycles. The third-order valence-electron chi connectivity index (χ3n) is 2.78. The van der Waals surface area contributed by atoms with Crippen LogP contribution in [0.3, 0.4) is 0 Å². The third kappa shape index (κ3) is 3.28. The molecule has 0 saturated heterocycles. The first-order chi connectivity index (χ1) is 9.11. The SMILES string of the molecule is COc1ccc(CC(=O)c2cccc(Cl)c2Cl)cc1. The Hall–Kier alpha value is -1.51. The van der Waals surface area contributed by atoms with Crippen LogP contribution in [0.5, 0.6) is 5.75 Å². The molecule has 2 aromatic carbocycles. The molecule has 0 spiro atoms. The molecule has 2 rings (SSSR count). The van der Waals surface area contributed by atoms with Crippen LogP contribution in [-0.4, -0.2) is 12.9 Å². The monoisotopic (exact) mass is 294 g/mol. The molecular weight excluding hydrogens is 283 g/mol. The molecule has 0 N–H and O–H groups in total. The number of rotatable bonds is 4. The van der Waals surface area contributed by atoms with Crippen LogP contribution in [0.4, 0.5) is 0 Å². The van der Waals surface area contributed by atoms with Crippen LogP contribution >= 0.6 is 23.2 Å². The molecule has 98 valence electrons. The maximum Gasteiger partial charge on any atom is 0.168 e. The van der Waals surface area contributed by atoms with Crippen molar-refractivity contribution < 1.29 is 9.53 Å². The van der Waals surface area contributed by atoms with Crippen LogP contribution in [0.2, 0.25) is 10.0 Å². The molecule has 0 heterocycles. The minimum Gasteiger partial charge on any atom is -0.497 e. The van der Waals surface area contributed by atoms with Gasteiger partial charge in [-0.3, -0.25) is 4.79 Å². The van der Waals surface area contributed by atoms with Gasteiger partial charge in [0.05, 0.1) is 17.2 Å². The first kappa shape index (κ1) is 13.9. The van der Waals surface area contributed by atoms with Crippen LogP contribution in [-0.2, 0) is 6.42 Å². The average molecular weight is 295 g/mol. The van der Waals surface area contributed by atoms with Gasteiger partial charge in [0, 0.05) is 12.0 Å². The summed E-state index contributed by atoms with van der Waals surface area (Å²) in [6.45, 7) is 0. The Morgan fingerprint density at radius 2 is 1.79 bits per heavy atom. The highest BCUT2D eigenvalue weighted by molar-refractivity contribution is 6.43. The summed E-state index contributed by atoms with van der Waals surface area (Å²) in [7, 11) is 1.60. The van der Waals surface area contributed by atoms with E-state index < -0.39 is 0 Å². The normalized spacial score (nSPS) is 10.3. The van der Waals surface area contributed by atoms with Crippen molar-refractivity contribution in [1.82, 2.24) is 0 Å². The van der Waals surface area contributed by atoms with Crippen molar-refractivity contribution in [1.29, 1.82) is 0 Å². The van der Waals surface area contributed by atoms with E-state index in [0.29, 0.717) is 15.6 Å². The molecule has 2 nitrogen and oxygen atoms in total. The van der Waals surface area contributed by atoms with Crippen molar-refractivity contribution in [3.8, 4) is 5.75 Å². The summed E-state index contributed by atoms with van der Waals surface area (Å²) >= 11 is 11.9. The van der Waals surface area contributed by atoms with Crippen LogP contribution in [0.25, 0.3) is 0 Å². The molecule has 0 aliphatic rings. The second kappa shape index (κ2) is 6.09. The topological polar surface area (TPSA) is 26.3 Å². The Balaban J connectivity index is 2.18. The lowest BCUT2D eigenvalue weighted by molar-refractivity contribution is 0.0993. The minimum absolute atomic E-state index is 0.0577. The number of Topliss-reactive ketones (excluding diaryl/α,β-unsaturated/α-hetero) is 1. The zero-order valence-electron chi connectivity index (χ0n) is 10.3. The number of ketones is 1. The first-order valence-corrected chi connectivity index (χ1v) is 6.47. The van der Waals surface area contributed by atoms with E-state index in [1.807, 2.05) is 24.3 Å².